The Balaban J connectivity index is 1.84. The highest BCUT2D eigenvalue weighted by Gasteiger charge is 2.34. The Morgan fingerprint density at radius 1 is 1.37 bits per heavy atom. The molecule has 5 heteroatoms. The van der Waals surface area contributed by atoms with Crippen molar-refractivity contribution < 1.29 is 4.79 Å². The molecule has 1 saturated heterocycles. The van der Waals surface area contributed by atoms with E-state index in [9.17, 15) is 4.79 Å². The number of rotatable bonds is 2. The van der Waals surface area contributed by atoms with Crippen LogP contribution in [-0.4, -0.2) is 29.2 Å². The van der Waals surface area contributed by atoms with Crippen LogP contribution in [0, 0.1) is 5.41 Å². The van der Waals surface area contributed by atoms with E-state index in [1.54, 1.807) is 6.20 Å². The highest BCUT2D eigenvalue weighted by Crippen LogP contribution is 2.30. The van der Waals surface area contributed by atoms with E-state index in [1.165, 1.54) is 0 Å². The standard InChI is InChI=1S/C14H18N4O/c1-14(5-7-15-8-6-14)13(19)17-11-4-2-3-10-9-16-18-12(10)11/h2-4,9,15H,5-8H2,1H3,(H,16,18)(H,17,19). The number of aromatic amines is 1. The normalized spacial score (nSPS) is 18.4. The van der Waals surface area contributed by atoms with Crippen LogP contribution in [0.2, 0.25) is 0 Å². The fourth-order valence-corrected chi connectivity index (χ4v) is 2.55. The first-order valence-corrected chi connectivity index (χ1v) is 6.63. The van der Waals surface area contributed by atoms with E-state index >= 15 is 0 Å². The molecule has 1 aromatic carbocycles. The number of anilines is 1. The molecule has 1 aliphatic heterocycles. The van der Waals surface area contributed by atoms with Gasteiger partial charge in [-0.05, 0) is 32.0 Å². The van der Waals surface area contributed by atoms with E-state index in [4.69, 9.17) is 0 Å². The fraction of sp³-hybridized carbons (Fsp3) is 0.429. The van der Waals surface area contributed by atoms with Gasteiger partial charge in [0.15, 0.2) is 0 Å². The van der Waals surface area contributed by atoms with Gasteiger partial charge in [-0.15, -0.1) is 0 Å². The fourth-order valence-electron chi connectivity index (χ4n) is 2.55. The van der Waals surface area contributed by atoms with Crippen LogP contribution in [0.1, 0.15) is 19.8 Å². The molecule has 100 valence electrons. The summed E-state index contributed by atoms with van der Waals surface area (Å²) in [6.07, 6.45) is 3.51. The van der Waals surface area contributed by atoms with E-state index in [-0.39, 0.29) is 11.3 Å². The van der Waals surface area contributed by atoms with Gasteiger partial charge in [-0.25, -0.2) is 0 Å². The maximum atomic E-state index is 12.5. The Morgan fingerprint density at radius 3 is 2.95 bits per heavy atom. The molecule has 1 amide bonds. The molecule has 0 radical (unpaired) electrons. The SMILES string of the molecule is CC1(C(=O)Nc2cccc3cn[nH]c23)CCNCC1. The van der Waals surface area contributed by atoms with Gasteiger partial charge in [0.25, 0.3) is 0 Å². The van der Waals surface area contributed by atoms with Gasteiger partial charge in [0.05, 0.1) is 17.4 Å². The van der Waals surface area contributed by atoms with Crippen molar-refractivity contribution >= 4 is 22.5 Å². The molecule has 0 saturated carbocycles. The molecule has 1 fully saturated rings. The number of carbonyl (C=O) groups is 1. The summed E-state index contributed by atoms with van der Waals surface area (Å²) >= 11 is 0. The molecule has 2 heterocycles. The number of benzene rings is 1. The van der Waals surface area contributed by atoms with Crippen molar-refractivity contribution in [2.75, 3.05) is 18.4 Å². The molecule has 3 N–H and O–H groups in total. The lowest BCUT2D eigenvalue weighted by Gasteiger charge is -2.32. The van der Waals surface area contributed by atoms with E-state index in [0.717, 1.165) is 42.5 Å². The predicted molar refractivity (Wildman–Crippen MR) is 74.9 cm³/mol. The molecule has 0 bridgehead atoms. The van der Waals surface area contributed by atoms with Crippen LogP contribution in [0.25, 0.3) is 10.9 Å². The second-order valence-electron chi connectivity index (χ2n) is 5.40. The number of piperidine rings is 1. The van der Waals surface area contributed by atoms with Gasteiger partial charge in [0.2, 0.25) is 5.91 Å². The first-order valence-electron chi connectivity index (χ1n) is 6.63. The Labute approximate surface area is 111 Å². The Kier molecular flexibility index (Phi) is 2.98. The minimum Gasteiger partial charge on any atom is -0.324 e. The highest BCUT2D eigenvalue weighted by molar-refractivity contribution is 6.02. The average molecular weight is 258 g/mol. The molecular weight excluding hydrogens is 240 g/mol. The van der Waals surface area contributed by atoms with Crippen LogP contribution >= 0.6 is 0 Å². The van der Waals surface area contributed by atoms with Crippen molar-refractivity contribution in [2.24, 2.45) is 5.41 Å². The third kappa shape index (κ3) is 2.21. The van der Waals surface area contributed by atoms with E-state index in [0.29, 0.717) is 0 Å². The molecule has 5 nitrogen and oxygen atoms in total. The molecule has 0 unspecified atom stereocenters. The summed E-state index contributed by atoms with van der Waals surface area (Å²) in [7, 11) is 0. The summed E-state index contributed by atoms with van der Waals surface area (Å²) in [4.78, 5) is 12.5. The zero-order valence-electron chi connectivity index (χ0n) is 11.0. The molecule has 0 aliphatic carbocycles. The summed E-state index contributed by atoms with van der Waals surface area (Å²) in [5.74, 6) is 0.0936. The smallest absolute Gasteiger partial charge is 0.230 e. The van der Waals surface area contributed by atoms with Crippen LogP contribution < -0.4 is 10.6 Å². The van der Waals surface area contributed by atoms with Crippen molar-refractivity contribution in [3.8, 4) is 0 Å². The quantitative estimate of drug-likeness (QED) is 0.770. The molecule has 3 rings (SSSR count). The number of nitrogens with zero attached hydrogens (tertiary/aromatic N) is 1. The van der Waals surface area contributed by atoms with Crippen molar-refractivity contribution in [1.82, 2.24) is 15.5 Å². The van der Waals surface area contributed by atoms with Crippen LogP contribution in [0.15, 0.2) is 24.4 Å². The number of para-hydroxylation sites is 1. The Hall–Kier alpha value is -1.88. The van der Waals surface area contributed by atoms with Gasteiger partial charge in [-0.2, -0.15) is 5.10 Å². The number of carbonyl (C=O) groups excluding carboxylic acids is 1. The van der Waals surface area contributed by atoms with Crippen molar-refractivity contribution in [3.05, 3.63) is 24.4 Å². The third-order valence-electron chi connectivity index (χ3n) is 3.98. The largest absolute Gasteiger partial charge is 0.324 e. The van der Waals surface area contributed by atoms with Gasteiger partial charge in [-0.1, -0.05) is 19.1 Å². The molecular formula is C14H18N4O. The molecule has 1 aliphatic rings. The first-order chi connectivity index (χ1) is 9.19. The number of hydrogen-bond acceptors (Lipinski definition) is 3. The molecule has 1 aromatic heterocycles. The maximum Gasteiger partial charge on any atom is 0.230 e. The van der Waals surface area contributed by atoms with Crippen molar-refractivity contribution in [1.29, 1.82) is 0 Å². The van der Waals surface area contributed by atoms with Crippen molar-refractivity contribution in [3.63, 3.8) is 0 Å². The first kappa shape index (κ1) is 12.2. The van der Waals surface area contributed by atoms with Crippen molar-refractivity contribution in [2.45, 2.75) is 19.8 Å². The number of amides is 1. The second kappa shape index (κ2) is 4.66. The summed E-state index contributed by atoms with van der Waals surface area (Å²) in [6, 6.07) is 5.81. The number of aromatic nitrogens is 2. The van der Waals surface area contributed by atoms with Gasteiger partial charge < -0.3 is 10.6 Å². The Bertz CT molecular complexity index is 598. The zero-order valence-corrected chi connectivity index (χ0v) is 11.0. The topological polar surface area (TPSA) is 69.8 Å². The van der Waals surface area contributed by atoms with E-state index < -0.39 is 0 Å². The minimum atomic E-state index is -0.284. The number of hydrogen-bond donors (Lipinski definition) is 3. The van der Waals surface area contributed by atoms with Crippen LogP contribution in [0.3, 0.4) is 0 Å². The lowest BCUT2D eigenvalue weighted by atomic mass is 9.80. The van der Waals surface area contributed by atoms with Crippen LogP contribution in [-0.2, 0) is 4.79 Å². The van der Waals surface area contributed by atoms with E-state index in [1.807, 2.05) is 25.1 Å². The minimum absolute atomic E-state index is 0.0936. The monoisotopic (exact) mass is 258 g/mol. The number of nitrogens with one attached hydrogen (secondary N) is 3. The van der Waals surface area contributed by atoms with Crippen LogP contribution in [0.4, 0.5) is 5.69 Å². The lowest BCUT2D eigenvalue weighted by molar-refractivity contribution is -0.126. The lowest BCUT2D eigenvalue weighted by Crippen LogP contribution is -2.42. The van der Waals surface area contributed by atoms with Gasteiger partial charge >= 0.3 is 0 Å². The summed E-state index contributed by atoms with van der Waals surface area (Å²) < 4.78 is 0. The molecule has 0 spiro atoms. The highest BCUT2D eigenvalue weighted by atomic mass is 16.2. The van der Waals surface area contributed by atoms with Gasteiger partial charge in [-0.3, -0.25) is 9.89 Å². The van der Waals surface area contributed by atoms with Gasteiger partial charge in [0, 0.05) is 10.8 Å². The number of H-pyrrole nitrogens is 1. The second-order valence-corrected chi connectivity index (χ2v) is 5.40. The molecule has 2 aromatic rings. The summed E-state index contributed by atoms with van der Waals surface area (Å²) in [5.41, 5.74) is 1.40. The Morgan fingerprint density at radius 2 is 2.16 bits per heavy atom. The third-order valence-corrected chi connectivity index (χ3v) is 3.98. The van der Waals surface area contributed by atoms with E-state index in [2.05, 4.69) is 20.8 Å². The van der Waals surface area contributed by atoms with Gasteiger partial charge in [0.1, 0.15) is 0 Å². The zero-order chi connectivity index (χ0) is 13.3. The molecule has 19 heavy (non-hydrogen) atoms. The predicted octanol–water partition coefficient (Wildman–Crippen LogP) is 1.89. The van der Waals surface area contributed by atoms with Crippen LogP contribution in [0.5, 0.6) is 0 Å². The maximum absolute atomic E-state index is 12.5. The summed E-state index contributed by atoms with van der Waals surface area (Å²) in [6.45, 7) is 3.84. The summed E-state index contributed by atoms with van der Waals surface area (Å²) in [5, 5.41) is 14.3. The number of fused-ring (bicyclic) bond motifs is 1. The molecule has 0 atom stereocenters. The average Bonchev–Trinajstić information content (AvgIpc) is 2.89.